The predicted octanol–water partition coefficient (Wildman–Crippen LogP) is 7.78. The number of allylic oxidation sites excluding steroid dienone is 1. The Morgan fingerprint density at radius 3 is 2.42 bits per heavy atom. The van der Waals surface area contributed by atoms with Crippen LogP contribution in [-0.2, 0) is 0 Å². The van der Waals surface area contributed by atoms with Crippen LogP contribution >= 0.6 is 0 Å². The first kappa shape index (κ1) is 23.5. The van der Waals surface area contributed by atoms with Crippen molar-refractivity contribution in [3.8, 4) is 17.6 Å². The van der Waals surface area contributed by atoms with E-state index in [-0.39, 0.29) is 16.9 Å². The zero-order valence-corrected chi connectivity index (χ0v) is 19.2. The van der Waals surface area contributed by atoms with Crippen LogP contribution in [0.15, 0.2) is 43.0 Å². The highest BCUT2D eigenvalue weighted by atomic mass is 19.2. The average Bonchev–Trinajstić information content (AvgIpc) is 2.84. The first-order valence-corrected chi connectivity index (χ1v) is 11.9. The summed E-state index contributed by atoms with van der Waals surface area (Å²) >= 11 is 0. The smallest absolute Gasteiger partial charge is 0.201 e. The van der Waals surface area contributed by atoms with E-state index in [4.69, 9.17) is 4.74 Å². The number of hydrogen-bond acceptors (Lipinski definition) is 1. The summed E-state index contributed by atoms with van der Waals surface area (Å²) in [5, 5.41) is 0. The molecule has 2 fully saturated rings. The minimum atomic E-state index is -1.09. The van der Waals surface area contributed by atoms with Crippen LogP contribution in [0.4, 0.5) is 13.2 Å². The maximum atomic E-state index is 14.8. The van der Waals surface area contributed by atoms with E-state index >= 15 is 0 Å². The molecular weight excluding hydrogens is 421 g/mol. The molecule has 0 amide bonds. The van der Waals surface area contributed by atoms with Gasteiger partial charge in [-0.3, -0.25) is 0 Å². The molecule has 0 heterocycles. The SMILES string of the molecule is C=CCCC1CCC2CC(c3ccc(C#Cc4ccc(OC)c(F)c4F)c(F)c3)CCC2C1. The Balaban J connectivity index is 1.43. The van der Waals surface area contributed by atoms with Gasteiger partial charge in [0.25, 0.3) is 0 Å². The molecule has 33 heavy (non-hydrogen) atoms. The molecule has 0 bridgehead atoms. The second kappa shape index (κ2) is 10.5. The van der Waals surface area contributed by atoms with Gasteiger partial charge < -0.3 is 4.74 Å². The van der Waals surface area contributed by atoms with Crippen LogP contribution in [0.5, 0.6) is 5.75 Å². The summed E-state index contributed by atoms with van der Waals surface area (Å²) in [6, 6.07) is 7.83. The van der Waals surface area contributed by atoms with Crippen LogP contribution in [0.1, 0.15) is 74.0 Å². The summed E-state index contributed by atoms with van der Waals surface area (Å²) in [7, 11) is 1.27. The molecule has 0 N–H and O–H groups in total. The molecular formula is C29H31F3O. The molecule has 2 aliphatic rings. The van der Waals surface area contributed by atoms with E-state index in [9.17, 15) is 13.2 Å². The third-order valence-electron chi connectivity index (χ3n) is 7.56. The lowest BCUT2D eigenvalue weighted by atomic mass is 9.63. The van der Waals surface area contributed by atoms with Gasteiger partial charge in [-0.2, -0.15) is 4.39 Å². The van der Waals surface area contributed by atoms with Crippen molar-refractivity contribution in [1.29, 1.82) is 0 Å². The number of fused-ring (bicyclic) bond motifs is 1. The Kier molecular flexibility index (Phi) is 7.48. The summed E-state index contributed by atoms with van der Waals surface area (Å²) in [6.07, 6.45) is 11.7. The summed E-state index contributed by atoms with van der Waals surface area (Å²) in [4.78, 5) is 0. The first-order chi connectivity index (χ1) is 16.0. The lowest BCUT2D eigenvalue weighted by Gasteiger charge is -2.42. The molecule has 2 saturated carbocycles. The van der Waals surface area contributed by atoms with Gasteiger partial charge in [-0.1, -0.05) is 30.4 Å². The van der Waals surface area contributed by atoms with Crippen LogP contribution in [0.3, 0.4) is 0 Å². The van der Waals surface area contributed by atoms with E-state index in [1.165, 1.54) is 51.3 Å². The third-order valence-corrected chi connectivity index (χ3v) is 7.56. The van der Waals surface area contributed by atoms with Crippen molar-refractivity contribution in [3.05, 3.63) is 77.1 Å². The van der Waals surface area contributed by atoms with Crippen LogP contribution in [-0.4, -0.2) is 7.11 Å². The Morgan fingerprint density at radius 1 is 0.939 bits per heavy atom. The fourth-order valence-corrected chi connectivity index (χ4v) is 5.71. The predicted molar refractivity (Wildman–Crippen MR) is 126 cm³/mol. The lowest BCUT2D eigenvalue weighted by Crippen LogP contribution is -2.30. The Morgan fingerprint density at radius 2 is 1.67 bits per heavy atom. The molecule has 0 aromatic heterocycles. The van der Waals surface area contributed by atoms with Crippen molar-refractivity contribution in [2.45, 2.75) is 57.3 Å². The molecule has 4 heteroatoms. The molecule has 0 saturated heterocycles. The highest BCUT2D eigenvalue weighted by molar-refractivity contribution is 5.47. The minimum absolute atomic E-state index is 0.126. The van der Waals surface area contributed by atoms with Gasteiger partial charge in [0.1, 0.15) is 5.82 Å². The van der Waals surface area contributed by atoms with Gasteiger partial charge >= 0.3 is 0 Å². The van der Waals surface area contributed by atoms with E-state index in [2.05, 4.69) is 18.4 Å². The van der Waals surface area contributed by atoms with E-state index < -0.39 is 17.5 Å². The number of halogens is 3. The zero-order valence-electron chi connectivity index (χ0n) is 19.2. The average molecular weight is 453 g/mol. The highest BCUT2D eigenvalue weighted by Crippen LogP contribution is 2.48. The molecule has 2 aromatic rings. The number of ether oxygens (including phenoxy) is 1. The van der Waals surface area contributed by atoms with Crippen LogP contribution < -0.4 is 4.74 Å². The van der Waals surface area contributed by atoms with Gasteiger partial charge in [0.15, 0.2) is 11.6 Å². The zero-order chi connectivity index (χ0) is 23.4. The van der Waals surface area contributed by atoms with Crippen LogP contribution in [0.2, 0.25) is 0 Å². The fourth-order valence-electron chi connectivity index (χ4n) is 5.71. The Hall–Kier alpha value is -2.67. The molecule has 0 aliphatic heterocycles. The second-order valence-electron chi connectivity index (χ2n) is 9.51. The summed E-state index contributed by atoms with van der Waals surface area (Å²) in [6.45, 7) is 3.85. The number of hydrogen-bond donors (Lipinski definition) is 0. The van der Waals surface area contributed by atoms with E-state index in [0.717, 1.165) is 42.6 Å². The Bertz CT molecular complexity index is 1060. The third kappa shape index (κ3) is 5.29. The van der Waals surface area contributed by atoms with Gasteiger partial charge in [-0.15, -0.1) is 6.58 Å². The molecule has 4 unspecified atom stereocenters. The number of rotatable bonds is 5. The van der Waals surface area contributed by atoms with E-state index in [1.807, 2.05) is 12.1 Å². The van der Waals surface area contributed by atoms with Crippen molar-refractivity contribution in [2.24, 2.45) is 17.8 Å². The molecule has 2 aliphatic carbocycles. The van der Waals surface area contributed by atoms with E-state index in [0.29, 0.717) is 5.92 Å². The Labute approximate surface area is 195 Å². The van der Waals surface area contributed by atoms with Crippen LogP contribution in [0, 0.1) is 47.0 Å². The maximum absolute atomic E-state index is 14.8. The van der Waals surface area contributed by atoms with Crippen molar-refractivity contribution in [1.82, 2.24) is 0 Å². The minimum Gasteiger partial charge on any atom is -0.494 e. The summed E-state index contributed by atoms with van der Waals surface area (Å²) in [5.74, 6) is 5.17. The molecule has 0 spiro atoms. The van der Waals surface area contributed by atoms with Crippen molar-refractivity contribution in [2.75, 3.05) is 7.11 Å². The summed E-state index contributed by atoms with van der Waals surface area (Å²) in [5.41, 5.74) is 1.08. The molecule has 0 radical (unpaired) electrons. The quantitative estimate of drug-likeness (QED) is 0.332. The standard InChI is InChI=1S/C29H31F3O/c1-3-4-5-19-6-7-23-17-24(13-12-22(23)16-19)25-11-9-20(26(30)18-25)8-10-21-14-15-27(33-2)29(32)28(21)31/h3,9,11,14-15,18-19,22-24H,1,4-7,12-13,16-17H2,2H3. The van der Waals surface area contributed by atoms with E-state index in [1.54, 1.807) is 12.1 Å². The van der Waals surface area contributed by atoms with Gasteiger partial charge in [-0.25, -0.2) is 8.78 Å². The fraction of sp³-hybridized carbons (Fsp3) is 0.448. The van der Waals surface area contributed by atoms with Crippen molar-refractivity contribution >= 4 is 0 Å². The maximum Gasteiger partial charge on any atom is 0.201 e. The van der Waals surface area contributed by atoms with Gasteiger partial charge in [0.2, 0.25) is 5.82 Å². The topological polar surface area (TPSA) is 9.23 Å². The number of benzene rings is 2. The van der Waals surface area contributed by atoms with Crippen molar-refractivity contribution < 1.29 is 17.9 Å². The molecule has 2 aromatic carbocycles. The van der Waals surface area contributed by atoms with Gasteiger partial charge in [0, 0.05) is 0 Å². The first-order valence-electron chi connectivity index (χ1n) is 11.9. The lowest BCUT2D eigenvalue weighted by molar-refractivity contribution is 0.115. The molecule has 4 rings (SSSR count). The highest BCUT2D eigenvalue weighted by Gasteiger charge is 2.35. The largest absolute Gasteiger partial charge is 0.494 e. The normalized spacial score (nSPS) is 24.4. The molecule has 1 nitrogen and oxygen atoms in total. The van der Waals surface area contributed by atoms with Gasteiger partial charge in [-0.05, 0) is 98.4 Å². The number of methoxy groups -OCH3 is 1. The monoisotopic (exact) mass is 452 g/mol. The van der Waals surface area contributed by atoms with Crippen molar-refractivity contribution in [3.63, 3.8) is 0 Å². The van der Waals surface area contributed by atoms with Gasteiger partial charge in [0.05, 0.1) is 18.2 Å². The molecule has 174 valence electrons. The summed E-state index contributed by atoms with van der Waals surface area (Å²) < 4.78 is 47.6. The molecule has 4 atom stereocenters. The second-order valence-corrected chi connectivity index (χ2v) is 9.51. The van der Waals surface area contributed by atoms with Crippen LogP contribution in [0.25, 0.3) is 0 Å².